The molecule has 0 aromatic carbocycles. The summed E-state index contributed by atoms with van der Waals surface area (Å²) in [5.41, 5.74) is -0.610. The molecule has 2 fully saturated rings. The molecule has 2 atom stereocenters. The highest BCUT2D eigenvalue weighted by atomic mass is 16.6. The fraction of sp³-hybridized carbons (Fsp3) is 0.938. The Morgan fingerprint density at radius 1 is 0.667 bits per heavy atom. The number of hydrogen-bond donors (Lipinski definition) is 0. The molecule has 0 N–H and O–H groups in total. The average molecular weight is 817 g/mol. The number of hydrogen-bond acceptors (Lipinski definition) is 8. The number of carbonyl (C=O) groups is 3. The van der Waals surface area contributed by atoms with Gasteiger partial charge in [-0.25, -0.2) is 9.59 Å². The number of carbonyl (C=O) groups excluding carboxylic acids is 3. The number of unbranched alkanes of at least 4 members (excludes halogenated alkanes) is 12. The van der Waals surface area contributed by atoms with Crippen molar-refractivity contribution in [3.8, 4) is 0 Å². The molecular weight excluding hydrogens is 717 g/mol. The van der Waals surface area contributed by atoms with Gasteiger partial charge in [-0.1, -0.05) is 153 Å². The van der Waals surface area contributed by atoms with E-state index in [0.29, 0.717) is 32.7 Å². The molecule has 344 valence electrons. The summed E-state index contributed by atoms with van der Waals surface area (Å²) in [6, 6.07) is -0.630. The van der Waals surface area contributed by atoms with Crippen LogP contribution < -0.4 is 0 Å². The van der Waals surface area contributed by atoms with E-state index in [0.717, 1.165) is 45.1 Å². The Balaban J connectivity index is -0.000000439. The monoisotopic (exact) mass is 817 g/mol. The van der Waals surface area contributed by atoms with Gasteiger partial charge >= 0.3 is 12.1 Å². The standard InChI is InChI=1S/C22H40N2O5.C18H36O2.4C2H6/c1-5-6-9-14-28-20(25)19-16-18(17-24(19)21(26)29-22(2,3)4)27-15-10-13-23-11-7-8-12-23;1-3-5-7-9-11-13-15-18(20-17-19)16-14-12-10-8-6-4-2;4*1-2/h18-19H,5-17H2,1-4H3;17-18H,3-16H2,1-2H3;4*1-2H3. The first-order chi connectivity index (χ1) is 27.6. The lowest BCUT2D eigenvalue weighted by atomic mass is 10.0. The first-order valence-corrected chi connectivity index (χ1v) is 24.2. The Morgan fingerprint density at radius 2 is 1.14 bits per heavy atom. The van der Waals surface area contributed by atoms with Gasteiger partial charge in [-0.3, -0.25) is 9.69 Å². The molecule has 2 saturated heterocycles. The summed E-state index contributed by atoms with van der Waals surface area (Å²) in [6.45, 7) is 33.5. The zero-order valence-electron chi connectivity index (χ0n) is 40.7. The van der Waals surface area contributed by atoms with Crippen molar-refractivity contribution in [2.45, 2.75) is 256 Å². The molecule has 9 heteroatoms. The van der Waals surface area contributed by atoms with E-state index in [1.807, 2.05) is 76.2 Å². The molecule has 1 amide bonds. The Bertz CT molecular complexity index is 814. The lowest BCUT2D eigenvalue weighted by molar-refractivity contribution is -0.149. The molecule has 57 heavy (non-hydrogen) atoms. The van der Waals surface area contributed by atoms with E-state index in [4.69, 9.17) is 18.9 Å². The molecule has 0 spiro atoms. The number of nitrogens with zero attached hydrogens (tertiary/aromatic N) is 2. The molecule has 0 aromatic heterocycles. The molecule has 2 aliphatic rings. The van der Waals surface area contributed by atoms with E-state index in [1.54, 1.807) is 0 Å². The van der Waals surface area contributed by atoms with Crippen molar-refractivity contribution in [3.05, 3.63) is 0 Å². The third-order valence-electron chi connectivity index (χ3n) is 9.33. The van der Waals surface area contributed by atoms with Gasteiger partial charge in [-0.05, 0) is 85.2 Å². The second kappa shape index (κ2) is 46.8. The predicted octanol–water partition coefficient (Wildman–Crippen LogP) is 13.7. The maximum atomic E-state index is 12.6. The molecule has 0 saturated carbocycles. The van der Waals surface area contributed by atoms with Gasteiger partial charge in [0.2, 0.25) is 0 Å². The third-order valence-corrected chi connectivity index (χ3v) is 9.33. The molecule has 2 heterocycles. The van der Waals surface area contributed by atoms with Gasteiger partial charge in [0, 0.05) is 19.6 Å². The van der Waals surface area contributed by atoms with Crippen LogP contribution in [-0.4, -0.2) is 91.6 Å². The van der Waals surface area contributed by atoms with Gasteiger partial charge in [0.05, 0.1) is 19.3 Å². The van der Waals surface area contributed by atoms with Crippen LogP contribution in [0.4, 0.5) is 4.79 Å². The SMILES string of the molecule is CC.CC.CC.CC.CCCCCCCCC(CCCCCCCC)OC=O.CCCCCOC(=O)C1CC(OCCCN2CCCC2)CN1C(=O)OC(C)(C)C. The van der Waals surface area contributed by atoms with Gasteiger partial charge < -0.3 is 23.8 Å². The van der Waals surface area contributed by atoms with Crippen molar-refractivity contribution in [1.82, 2.24) is 9.80 Å². The van der Waals surface area contributed by atoms with Crippen LogP contribution in [-0.2, 0) is 28.5 Å². The first kappa shape index (κ1) is 61.8. The Hall–Kier alpha value is -1.87. The zero-order chi connectivity index (χ0) is 44.2. The van der Waals surface area contributed by atoms with Crippen LogP contribution in [0.1, 0.15) is 232 Å². The Kier molecular flexibility index (Phi) is 50.7. The highest BCUT2D eigenvalue weighted by molar-refractivity contribution is 5.82. The smallest absolute Gasteiger partial charge is 0.411 e. The van der Waals surface area contributed by atoms with Crippen LogP contribution >= 0.6 is 0 Å². The maximum absolute atomic E-state index is 12.6. The highest BCUT2D eigenvalue weighted by Crippen LogP contribution is 2.25. The summed E-state index contributed by atoms with van der Waals surface area (Å²) >= 11 is 0. The quantitative estimate of drug-likeness (QED) is 0.0369. The summed E-state index contributed by atoms with van der Waals surface area (Å²) in [6.07, 6.45) is 24.3. The Labute approximate surface area is 355 Å². The number of ether oxygens (including phenoxy) is 4. The van der Waals surface area contributed by atoms with Crippen LogP contribution in [0, 0.1) is 0 Å². The van der Waals surface area contributed by atoms with Gasteiger partial charge in [0.25, 0.3) is 6.47 Å². The summed E-state index contributed by atoms with van der Waals surface area (Å²) in [7, 11) is 0. The minimum atomic E-state index is -0.630. The lowest BCUT2D eigenvalue weighted by Gasteiger charge is -2.27. The third kappa shape index (κ3) is 38.1. The van der Waals surface area contributed by atoms with Crippen LogP contribution in [0.3, 0.4) is 0 Å². The fourth-order valence-electron chi connectivity index (χ4n) is 6.49. The van der Waals surface area contributed by atoms with Crippen molar-refractivity contribution in [1.29, 1.82) is 0 Å². The lowest BCUT2D eigenvalue weighted by Crippen LogP contribution is -2.44. The molecule has 2 rings (SSSR count). The van der Waals surface area contributed by atoms with E-state index in [9.17, 15) is 14.4 Å². The van der Waals surface area contributed by atoms with Crippen molar-refractivity contribution < 1.29 is 33.3 Å². The minimum absolute atomic E-state index is 0.158. The first-order valence-electron chi connectivity index (χ1n) is 24.2. The number of rotatable bonds is 26. The van der Waals surface area contributed by atoms with Crippen molar-refractivity contribution >= 4 is 18.5 Å². The second-order valence-corrected chi connectivity index (χ2v) is 15.1. The van der Waals surface area contributed by atoms with E-state index in [2.05, 4.69) is 25.7 Å². The predicted molar refractivity (Wildman–Crippen MR) is 244 cm³/mol. The second-order valence-electron chi connectivity index (χ2n) is 15.1. The highest BCUT2D eigenvalue weighted by Gasteiger charge is 2.43. The fourth-order valence-corrected chi connectivity index (χ4v) is 6.49. The van der Waals surface area contributed by atoms with Crippen LogP contribution in [0.25, 0.3) is 0 Å². The summed E-state index contributed by atoms with van der Waals surface area (Å²) in [5.74, 6) is -0.352. The molecule has 0 radical (unpaired) electrons. The number of likely N-dealkylation sites (tertiary alicyclic amines) is 2. The Morgan fingerprint density at radius 3 is 1.61 bits per heavy atom. The zero-order valence-corrected chi connectivity index (χ0v) is 40.7. The normalized spacial score (nSPS) is 15.9. The molecule has 9 nitrogen and oxygen atoms in total. The minimum Gasteiger partial charge on any atom is -0.465 e. The van der Waals surface area contributed by atoms with Crippen molar-refractivity contribution in [3.63, 3.8) is 0 Å². The molecule has 2 aliphatic heterocycles. The summed E-state index contributed by atoms with van der Waals surface area (Å²) in [5, 5.41) is 0. The molecule has 0 aliphatic carbocycles. The van der Waals surface area contributed by atoms with Crippen molar-refractivity contribution in [2.24, 2.45) is 0 Å². The molecule has 2 unspecified atom stereocenters. The maximum Gasteiger partial charge on any atom is 0.411 e. The van der Waals surface area contributed by atoms with E-state index in [-0.39, 0.29) is 18.2 Å². The van der Waals surface area contributed by atoms with Gasteiger partial charge in [0.15, 0.2) is 0 Å². The largest absolute Gasteiger partial charge is 0.465 e. The van der Waals surface area contributed by atoms with Crippen LogP contribution in [0.5, 0.6) is 0 Å². The van der Waals surface area contributed by atoms with Crippen LogP contribution in [0.2, 0.25) is 0 Å². The van der Waals surface area contributed by atoms with Crippen LogP contribution in [0.15, 0.2) is 0 Å². The molecule has 0 bridgehead atoms. The van der Waals surface area contributed by atoms with Gasteiger partial charge in [0.1, 0.15) is 17.7 Å². The number of amides is 1. The summed E-state index contributed by atoms with van der Waals surface area (Å²) < 4.78 is 22.2. The van der Waals surface area contributed by atoms with E-state index < -0.39 is 17.7 Å². The topological polar surface area (TPSA) is 94.6 Å². The van der Waals surface area contributed by atoms with E-state index in [1.165, 1.54) is 108 Å². The van der Waals surface area contributed by atoms with Gasteiger partial charge in [-0.15, -0.1) is 0 Å². The van der Waals surface area contributed by atoms with E-state index >= 15 is 0 Å². The summed E-state index contributed by atoms with van der Waals surface area (Å²) in [4.78, 5) is 39.7. The van der Waals surface area contributed by atoms with Crippen molar-refractivity contribution in [2.75, 3.05) is 39.4 Å². The number of esters is 1. The molecular formula is C48H100N2O7. The molecule has 0 aromatic rings. The average Bonchev–Trinajstić information content (AvgIpc) is 3.91. The van der Waals surface area contributed by atoms with Gasteiger partial charge in [-0.2, -0.15) is 0 Å².